The molecular weight excluding hydrogens is 266 g/mol. The van der Waals surface area contributed by atoms with Gasteiger partial charge in [-0.05, 0) is 26.0 Å². The highest BCUT2D eigenvalue weighted by Crippen LogP contribution is 2.29. The molecule has 0 saturated heterocycles. The van der Waals surface area contributed by atoms with E-state index in [0.29, 0.717) is 0 Å². The summed E-state index contributed by atoms with van der Waals surface area (Å²) in [5.74, 6) is -6.30. The van der Waals surface area contributed by atoms with Crippen molar-refractivity contribution in [1.29, 1.82) is 0 Å². The van der Waals surface area contributed by atoms with Gasteiger partial charge in [-0.25, -0.2) is 13.2 Å². The van der Waals surface area contributed by atoms with E-state index in [4.69, 9.17) is 5.11 Å². The summed E-state index contributed by atoms with van der Waals surface area (Å²) in [5.41, 5.74) is -0.752. The second kappa shape index (κ2) is 4.64. The normalized spacial score (nSPS) is 12.7. The summed E-state index contributed by atoms with van der Waals surface area (Å²) in [4.78, 5) is 10.2. The van der Waals surface area contributed by atoms with E-state index in [1.165, 1.54) is 13.8 Å². The Balaban J connectivity index is 3.20. The molecule has 0 unspecified atom stereocenters. The van der Waals surface area contributed by atoms with Crippen LogP contribution in [0.15, 0.2) is 29.2 Å². The quantitative estimate of drug-likeness (QED) is 0.915. The first-order valence-electron chi connectivity index (χ1n) is 5.05. The lowest BCUT2D eigenvalue weighted by atomic mass is 10.1. The van der Waals surface area contributed by atoms with Crippen LogP contribution in [0.5, 0.6) is 0 Å². The Morgan fingerprint density at radius 2 is 1.67 bits per heavy atom. The Morgan fingerprint density at radius 3 is 2.00 bits per heavy atom. The van der Waals surface area contributed by atoms with Crippen LogP contribution in [-0.2, 0) is 20.6 Å². The highest BCUT2D eigenvalue weighted by Gasteiger charge is 2.41. The third-order valence-corrected chi connectivity index (χ3v) is 4.61. The van der Waals surface area contributed by atoms with Crippen molar-refractivity contribution in [3.05, 3.63) is 29.8 Å². The van der Waals surface area contributed by atoms with Gasteiger partial charge in [0.1, 0.15) is 0 Å². The molecule has 18 heavy (non-hydrogen) atoms. The molecular formula is C11H12F2O4S. The molecule has 1 aromatic carbocycles. The molecule has 0 heterocycles. The molecule has 1 N–H and O–H groups in total. The standard InChI is InChI=1S/C11H12F2O4S/c1-7(2)18(16,17)9-5-3-8(4-6-9)11(12,13)10(14)15/h3-7H,1-2H3,(H,14,15). The van der Waals surface area contributed by atoms with Gasteiger partial charge in [0.05, 0.1) is 10.1 Å². The predicted molar refractivity (Wildman–Crippen MR) is 60.3 cm³/mol. The lowest BCUT2D eigenvalue weighted by Gasteiger charge is -2.12. The molecule has 0 aromatic heterocycles. The number of hydrogen-bond acceptors (Lipinski definition) is 3. The average Bonchev–Trinajstić information content (AvgIpc) is 2.28. The van der Waals surface area contributed by atoms with E-state index in [2.05, 4.69) is 0 Å². The highest BCUT2D eigenvalue weighted by molar-refractivity contribution is 7.92. The number of alkyl halides is 2. The van der Waals surface area contributed by atoms with Crippen molar-refractivity contribution in [2.24, 2.45) is 0 Å². The van der Waals surface area contributed by atoms with Crippen molar-refractivity contribution in [3.63, 3.8) is 0 Å². The number of hydrogen-bond donors (Lipinski definition) is 1. The first-order chi connectivity index (χ1) is 8.10. The van der Waals surface area contributed by atoms with Crippen LogP contribution in [0.3, 0.4) is 0 Å². The van der Waals surface area contributed by atoms with Gasteiger partial charge in [0.15, 0.2) is 9.84 Å². The minimum atomic E-state index is -4.03. The Bertz CT molecular complexity index is 547. The predicted octanol–water partition coefficient (Wildman–Crippen LogP) is 2.05. The Kier molecular flexibility index (Phi) is 3.75. The molecule has 0 saturated carbocycles. The van der Waals surface area contributed by atoms with Crippen molar-refractivity contribution in [3.8, 4) is 0 Å². The number of carboxylic acids is 1. The van der Waals surface area contributed by atoms with Crippen molar-refractivity contribution < 1.29 is 27.1 Å². The number of rotatable bonds is 4. The zero-order valence-electron chi connectivity index (χ0n) is 9.72. The van der Waals surface area contributed by atoms with Gasteiger partial charge in [0, 0.05) is 5.56 Å². The molecule has 0 bridgehead atoms. The van der Waals surface area contributed by atoms with Gasteiger partial charge in [-0.2, -0.15) is 8.78 Å². The molecule has 0 aliphatic rings. The molecule has 1 aromatic rings. The van der Waals surface area contributed by atoms with Gasteiger partial charge in [-0.3, -0.25) is 0 Å². The number of sulfone groups is 1. The fraction of sp³-hybridized carbons (Fsp3) is 0.364. The van der Waals surface area contributed by atoms with Crippen LogP contribution >= 0.6 is 0 Å². The largest absolute Gasteiger partial charge is 0.477 e. The zero-order valence-corrected chi connectivity index (χ0v) is 10.5. The molecule has 7 heteroatoms. The Morgan fingerprint density at radius 1 is 1.22 bits per heavy atom. The topological polar surface area (TPSA) is 71.4 Å². The van der Waals surface area contributed by atoms with Crippen LogP contribution in [0.4, 0.5) is 8.78 Å². The monoisotopic (exact) mass is 278 g/mol. The highest BCUT2D eigenvalue weighted by atomic mass is 32.2. The number of carboxylic acid groups (broad SMARTS) is 1. The molecule has 1 rings (SSSR count). The van der Waals surface area contributed by atoms with Gasteiger partial charge in [-0.15, -0.1) is 0 Å². The van der Waals surface area contributed by atoms with Crippen LogP contribution in [0.1, 0.15) is 19.4 Å². The SMILES string of the molecule is CC(C)S(=O)(=O)c1ccc(C(F)(F)C(=O)O)cc1. The van der Waals surface area contributed by atoms with Gasteiger partial charge in [-0.1, -0.05) is 12.1 Å². The second-order valence-corrected chi connectivity index (χ2v) is 6.50. The summed E-state index contributed by atoms with van der Waals surface area (Å²) < 4.78 is 49.7. The molecule has 4 nitrogen and oxygen atoms in total. The summed E-state index contributed by atoms with van der Waals surface area (Å²) in [7, 11) is -3.55. The van der Waals surface area contributed by atoms with E-state index in [1.54, 1.807) is 0 Å². The average molecular weight is 278 g/mol. The van der Waals surface area contributed by atoms with E-state index in [1.807, 2.05) is 0 Å². The van der Waals surface area contributed by atoms with Crippen molar-refractivity contribution in [1.82, 2.24) is 0 Å². The summed E-state index contributed by atoms with van der Waals surface area (Å²) in [6.07, 6.45) is 0. The molecule has 0 aliphatic carbocycles. The molecule has 0 spiro atoms. The number of carbonyl (C=O) groups is 1. The molecule has 0 amide bonds. The van der Waals surface area contributed by atoms with E-state index >= 15 is 0 Å². The van der Waals surface area contributed by atoms with Crippen LogP contribution in [0.2, 0.25) is 0 Å². The maximum atomic E-state index is 13.1. The van der Waals surface area contributed by atoms with Gasteiger partial charge in [0.2, 0.25) is 0 Å². The third kappa shape index (κ3) is 2.50. The minimum Gasteiger partial charge on any atom is -0.477 e. The van der Waals surface area contributed by atoms with Crippen LogP contribution in [0, 0.1) is 0 Å². The fourth-order valence-corrected chi connectivity index (χ4v) is 2.31. The maximum Gasteiger partial charge on any atom is 0.379 e. The van der Waals surface area contributed by atoms with E-state index < -0.39 is 32.5 Å². The van der Waals surface area contributed by atoms with Crippen molar-refractivity contribution in [2.75, 3.05) is 0 Å². The molecule has 0 radical (unpaired) electrons. The molecule has 100 valence electrons. The maximum absolute atomic E-state index is 13.1. The fourth-order valence-electron chi connectivity index (χ4n) is 1.25. The summed E-state index contributed by atoms with van der Waals surface area (Å²) in [6.45, 7) is 2.93. The first kappa shape index (κ1) is 14.6. The van der Waals surface area contributed by atoms with Gasteiger partial charge < -0.3 is 5.11 Å². The zero-order chi connectivity index (χ0) is 14.1. The van der Waals surface area contributed by atoms with Crippen LogP contribution in [-0.4, -0.2) is 24.7 Å². The van der Waals surface area contributed by atoms with Crippen LogP contribution < -0.4 is 0 Å². The van der Waals surface area contributed by atoms with E-state index in [9.17, 15) is 22.0 Å². The summed E-state index contributed by atoms with van der Waals surface area (Å²) in [5, 5.41) is 7.67. The summed E-state index contributed by atoms with van der Waals surface area (Å²) >= 11 is 0. The number of aliphatic carboxylic acids is 1. The summed E-state index contributed by atoms with van der Waals surface area (Å²) in [6, 6.07) is 3.59. The smallest absolute Gasteiger partial charge is 0.379 e. The molecule has 0 fully saturated rings. The minimum absolute atomic E-state index is 0.109. The lowest BCUT2D eigenvalue weighted by molar-refractivity contribution is -0.166. The number of halogens is 2. The molecule has 0 atom stereocenters. The van der Waals surface area contributed by atoms with Crippen LogP contribution in [0.25, 0.3) is 0 Å². The molecule has 0 aliphatic heterocycles. The third-order valence-electron chi connectivity index (χ3n) is 2.43. The van der Waals surface area contributed by atoms with Gasteiger partial charge in [0.25, 0.3) is 0 Å². The number of benzene rings is 1. The van der Waals surface area contributed by atoms with Crippen molar-refractivity contribution >= 4 is 15.8 Å². The first-order valence-corrected chi connectivity index (χ1v) is 6.60. The Hall–Kier alpha value is -1.50. The van der Waals surface area contributed by atoms with Gasteiger partial charge >= 0.3 is 11.9 Å². The van der Waals surface area contributed by atoms with Crippen molar-refractivity contribution in [2.45, 2.75) is 29.9 Å². The second-order valence-electron chi connectivity index (χ2n) is 4.00. The van der Waals surface area contributed by atoms with E-state index in [-0.39, 0.29) is 4.90 Å². The lowest BCUT2D eigenvalue weighted by Crippen LogP contribution is -2.25. The Labute approximate surface area is 103 Å². The van der Waals surface area contributed by atoms with E-state index in [0.717, 1.165) is 24.3 Å².